The highest BCUT2D eigenvalue weighted by atomic mass is 32.2. The molecule has 0 saturated carbocycles. The Labute approximate surface area is 182 Å². The van der Waals surface area contributed by atoms with Crippen LogP contribution in [0.4, 0.5) is 5.69 Å². The van der Waals surface area contributed by atoms with E-state index < -0.39 is 10.0 Å². The van der Waals surface area contributed by atoms with Crippen LogP contribution in [0.5, 0.6) is 0 Å². The summed E-state index contributed by atoms with van der Waals surface area (Å²) in [7, 11) is -3.37. The van der Waals surface area contributed by atoms with Crippen LogP contribution in [0.3, 0.4) is 0 Å². The van der Waals surface area contributed by atoms with Crippen molar-refractivity contribution in [1.29, 1.82) is 0 Å². The molecule has 0 aliphatic carbocycles. The van der Waals surface area contributed by atoms with Crippen LogP contribution in [0.15, 0.2) is 67.3 Å². The molecular weight excluding hydrogens is 412 g/mol. The van der Waals surface area contributed by atoms with Crippen LogP contribution in [0.25, 0.3) is 0 Å². The smallest absolute Gasteiger partial charge is 0.254 e. The summed E-state index contributed by atoms with van der Waals surface area (Å²) in [5.41, 5.74) is 3.97. The van der Waals surface area contributed by atoms with E-state index in [0.717, 1.165) is 16.7 Å². The van der Waals surface area contributed by atoms with Gasteiger partial charge in [0, 0.05) is 49.5 Å². The Balaban J connectivity index is 1.65. The lowest BCUT2D eigenvalue weighted by Crippen LogP contribution is -2.34. The fourth-order valence-electron chi connectivity index (χ4n) is 4.04. The summed E-state index contributed by atoms with van der Waals surface area (Å²) >= 11 is 0. The lowest BCUT2D eigenvalue weighted by Gasteiger charge is -2.24. The number of nitrogens with zero attached hydrogens (tertiary/aromatic N) is 4. The molecule has 1 amide bonds. The van der Waals surface area contributed by atoms with Crippen molar-refractivity contribution in [3.8, 4) is 0 Å². The maximum absolute atomic E-state index is 13.5. The molecule has 7 nitrogen and oxygen atoms in total. The van der Waals surface area contributed by atoms with Crippen LogP contribution in [-0.2, 0) is 29.5 Å². The minimum Gasteiger partial charge on any atom is -0.330 e. The number of anilines is 1. The summed E-state index contributed by atoms with van der Waals surface area (Å²) < 4.78 is 25.8. The fraction of sp³-hybridized carbons (Fsp3) is 0.261. The second-order valence-corrected chi connectivity index (χ2v) is 9.69. The van der Waals surface area contributed by atoms with Gasteiger partial charge in [-0.1, -0.05) is 6.07 Å². The molecule has 0 bridgehead atoms. The highest BCUT2D eigenvalue weighted by Gasteiger charge is 2.33. The Kier molecular flexibility index (Phi) is 5.73. The Morgan fingerprint density at radius 2 is 1.81 bits per heavy atom. The van der Waals surface area contributed by atoms with E-state index >= 15 is 0 Å². The molecule has 1 aliphatic heterocycles. The lowest BCUT2D eigenvalue weighted by atomic mass is 10.1. The highest BCUT2D eigenvalue weighted by molar-refractivity contribution is 7.92. The number of fused-ring (bicyclic) bond motifs is 1. The van der Waals surface area contributed by atoms with Gasteiger partial charge in [-0.05, 0) is 66.4 Å². The quantitative estimate of drug-likeness (QED) is 0.593. The third-order valence-corrected chi connectivity index (χ3v) is 6.61. The van der Waals surface area contributed by atoms with Gasteiger partial charge in [-0.15, -0.1) is 0 Å². The zero-order chi connectivity index (χ0) is 22.0. The zero-order valence-corrected chi connectivity index (χ0v) is 18.3. The standard InChI is InChI=1S/C23H24N4O3S/c1-17-12-21-13-20(5-6-22(21)27(17)31(2,29)30)23(28)26(15-18-7-10-24-11-8-18)16-19-4-3-9-25-14-19/h3-11,13-14,17H,12,15-16H2,1-2H3. The maximum Gasteiger partial charge on any atom is 0.254 e. The van der Waals surface area contributed by atoms with Gasteiger partial charge in [-0.25, -0.2) is 8.42 Å². The van der Waals surface area contributed by atoms with Crippen molar-refractivity contribution in [2.75, 3.05) is 10.6 Å². The van der Waals surface area contributed by atoms with E-state index in [0.29, 0.717) is 30.8 Å². The Morgan fingerprint density at radius 1 is 1.06 bits per heavy atom. The van der Waals surface area contributed by atoms with Crippen molar-refractivity contribution in [3.63, 3.8) is 0 Å². The maximum atomic E-state index is 13.5. The van der Waals surface area contributed by atoms with Crippen molar-refractivity contribution < 1.29 is 13.2 Å². The van der Waals surface area contributed by atoms with E-state index in [1.165, 1.54) is 10.6 Å². The molecule has 0 N–H and O–H groups in total. The predicted octanol–water partition coefficient (Wildman–Crippen LogP) is 3.03. The summed E-state index contributed by atoms with van der Waals surface area (Å²) in [4.78, 5) is 23.4. The fourth-order valence-corrected chi connectivity index (χ4v) is 5.31. The number of aromatic nitrogens is 2. The van der Waals surface area contributed by atoms with E-state index in [1.54, 1.807) is 41.8 Å². The number of hydrogen-bond donors (Lipinski definition) is 0. The van der Waals surface area contributed by atoms with Gasteiger partial charge >= 0.3 is 0 Å². The minimum absolute atomic E-state index is 0.117. The van der Waals surface area contributed by atoms with Crippen molar-refractivity contribution in [1.82, 2.24) is 14.9 Å². The molecule has 0 radical (unpaired) electrons. The topological polar surface area (TPSA) is 83.5 Å². The Morgan fingerprint density at radius 3 is 2.48 bits per heavy atom. The first kappa shape index (κ1) is 21.0. The average Bonchev–Trinajstić information content (AvgIpc) is 3.09. The second kappa shape index (κ2) is 8.47. The summed E-state index contributed by atoms with van der Waals surface area (Å²) in [6.45, 7) is 2.72. The van der Waals surface area contributed by atoms with Gasteiger partial charge in [0.1, 0.15) is 0 Å². The monoisotopic (exact) mass is 436 g/mol. The van der Waals surface area contributed by atoms with Crippen LogP contribution in [0, 0.1) is 0 Å². The van der Waals surface area contributed by atoms with Crippen molar-refractivity contribution >= 4 is 21.6 Å². The van der Waals surface area contributed by atoms with Gasteiger partial charge in [0.15, 0.2) is 0 Å². The molecule has 4 rings (SSSR count). The number of rotatable bonds is 6. The van der Waals surface area contributed by atoms with Gasteiger partial charge < -0.3 is 4.90 Å². The Bertz CT molecular complexity index is 1140. The molecule has 0 fully saturated rings. The third-order valence-electron chi connectivity index (χ3n) is 5.34. The number of carbonyl (C=O) groups is 1. The van der Waals surface area contributed by atoms with Gasteiger partial charge in [0.05, 0.1) is 11.9 Å². The molecule has 0 saturated heterocycles. The first-order valence-electron chi connectivity index (χ1n) is 10.0. The number of sulfonamides is 1. The van der Waals surface area contributed by atoms with Gasteiger partial charge in [0.2, 0.25) is 10.0 Å². The number of amides is 1. The van der Waals surface area contributed by atoms with Crippen molar-refractivity contribution in [2.24, 2.45) is 0 Å². The number of benzene rings is 1. The van der Waals surface area contributed by atoms with Gasteiger partial charge in [0.25, 0.3) is 5.91 Å². The van der Waals surface area contributed by atoms with E-state index in [1.807, 2.05) is 37.3 Å². The molecule has 8 heteroatoms. The molecule has 160 valence electrons. The summed E-state index contributed by atoms with van der Waals surface area (Å²) in [5, 5.41) is 0. The summed E-state index contributed by atoms with van der Waals surface area (Å²) in [5.74, 6) is -0.117. The number of pyridine rings is 2. The molecule has 0 spiro atoms. The first-order valence-corrected chi connectivity index (χ1v) is 11.9. The van der Waals surface area contributed by atoms with Crippen LogP contribution >= 0.6 is 0 Å². The third kappa shape index (κ3) is 4.59. The molecule has 1 atom stereocenters. The average molecular weight is 437 g/mol. The molecule has 31 heavy (non-hydrogen) atoms. The highest BCUT2D eigenvalue weighted by Crippen LogP contribution is 2.35. The molecular formula is C23H24N4O3S. The van der Waals surface area contributed by atoms with Gasteiger partial charge in [-0.3, -0.25) is 19.1 Å². The minimum atomic E-state index is -3.37. The molecule has 1 aliphatic rings. The largest absolute Gasteiger partial charge is 0.330 e. The van der Waals surface area contributed by atoms with Gasteiger partial charge in [-0.2, -0.15) is 0 Å². The molecule has 3 aromatic rings. The van der Waals surface area contributed by atoms with E-state index in [9.17, 15) is 13.2 Å². The zero-order valence-electron chi connectivity index (χ0n) is 17.5. The SMILES string of the molecule is CC1Cc2cc(C(=O)N(Cc3ccncc3)Cc3cccnc3)ccc2N1S(C)(=O)=O. The number of hydrogen-bond acceptors (Lipinski definition) is 5. The summed E-state index contributed by atoms with van der Waals surface area (Å²) in [6, 6.07) is 12.7. The first-order chi connectivity index (χ1) is 14.8. The second-order valence-electron chi connectivity index (χ2n) is 7.83. The molecule has 3 heterocycles. The molecule has 1 aromatic carbocycles. The summed E-state index contributed by atoms with van der Waals surface area (Å²) in [6.07, 6.45) is 8.66. The van der Waals surface area contributed by atoms with E-state index in [2.05, 4.69) is 9.97 Å². The lowest BCUT2D eigenvalue weighted by molar-refractivity contribution is 0.0729. The van der Waals surface area contributed by atoms with E-state index in [-0.39, 0.29) is 11.9 Å². The number of carbonyl (C=O) groups excluding carboxylic acids is 1. The Hall–Kier alpha value is -3.26. The normalized spacial score (nSPS) is 15.5. The van der Waals surface area contributed by atoms with Crippen molar-refractivity contribution in [2.45, 2.75) is 32.5 Å². The van der Waals surface area contributed by atoms with Crippen molar-refractivity contribution in [3.05, 3.63) is 89.5 Å². The van der Waals surface area contributed by atoms with Crippen LogP contribution in [0.2, 0.25) is 0 Å². The molecule has 2 aromatic heterocycles. The van der Waals surface area contributed by atoms with Crippen LogP contribution < -0.4 is 4.31 Å². The predicted molar refractivity (Wildman–Crippen MR) is 119 cm³/mol. The molecule has 1 unspecified atom stereocenters. The van der Waals surface area contributed by atoms with Crippen LogP contribution in [0.1, 0.15) is 34.0 Å². The van der Waals surface area contributed by atoms with E-state index in [4.69, 9.17) is 0 Å². The van der Waals surface area contributed by atoms with Crippen LogP contribution in [-0.4, -0.2) is 41.5 Å².